The van der Waals surface area contributed by atoms with Gasteiger partial charge in [-0.1, -0.05) is 11.3 Å². The number of rotatable bonds is 4. The molecule has 4 heterocycles. The molecule has 1 spiro atoms. The second-order valence-electron chi connectivity index (χ2n) is 6.94. The number of anilines is 1. The van der Waals surface area contributed by atoms with Crippen LogP contribution in [0.5, 0.6) is 17.5 Å². The molecule has 31 heavy (non-hydrogen) atoms. The van der Waals surface area contributed by atoms with Gasteiger partial charge >= 0.3 is 0 Å². The first-order chi connectivity index (χ1) is 15.1. The van der Waals surface area contributed by atoms with E-state index in [1.54, 1.807) is 12.1 Å². The molecule has 0 unspecified atom stereocenters. The molecule has 156 valence electrons. The van der Waals surface area contributed by atoms with E-state index in [4.69, 9.17) is 14.2 Å². The molecule has 11 heteroatoms. The molecular weight excluding hydrogens is 420 g/mol. The number of nitrogens with zero attached hydrogens (tertiary/aromatic N) is 4. The monoisotopic (exact) mass is 436 g/mol. The standard InChI is InChI=1S/C20H16N6O4S/c1-28-17-13(18(29-2)24-9-23-17)16(27)26-19-25-14-11-4-3-10(6-21)5-12(11)30-20(7-22-8-20)15(14)31-19/h3-5,9,22H,7-8H2,1-2H3,(H,25,26,27). The Balaban J connectivity index is 1.54. The number of hydrogen-bond donors (Lipinski definition) is 2. The van der Waals surface area contributed by atoms with E-state index in [-0.39, 0.29) is 17.3 Å². The molecule has 1 aromatic carbocycles. The van der Waals surface area contributed by atoms with Crippen molar-refractivity contribution in [2.24, 2.45) is 0 Å². The van der Waals surface area contributed by atoms with Gasteiger partial charge < -0.3 is 19.5 Å². The van der Waals surface area contributed by atoms with Crippen LogP contribution in [0.3, 0.4) is 0 Å². The minimum atomic E-state index is -0.567. The van der Waals surface area contributed by atoms with E-state index in [1.165, 1.54) is 31.9 Å². The van der Waals surface area contributed by atoms with Crippen molar-refractivity contribution in [2.75, 3.05) is 32.6 Å². The van der Waals surface area contributed by atoms with Crippen LogP contribution in [-0.4, -0.2) is 48.2 Å². The molecule has 0 atom stereocenters. The number of thiazole rings is 1. The zero-order valence-electron chi connectivity index (χ0n) is 16.6. The van der Waals surface area contributed by atoms with Crippen LogP contribution < -0.4 is 24.8 Å². The molecule has 0 aliphatic carbocycles. The van der Waals surface area contributed by atoms with E-state index >= 15 is 0 Å². The Kier molecular flexibility index (Phi) is 4.46. The smallest absolute Gasteiger partial charge is 0.268 e. The number of carbonyl (C=O) groups excluding carboxylic acids is 1. The Labute approximate surface area is 180 Å². The summed E-state index contributed by atoms with van der Waals surface area (Å²) in [5, 5.41) is 15.7. The van der Waals surface area contributed by atoms with E-state index in [1.807, 2.05) is 6.07 Å². The van der Waals surface area contributed by atoms with Gasteiger partial charge in [0.05, 0.1) is 36.4 Å². The Bertz CT molecular complexity index is 1220. The summed E-state index contributed by atoms with van der Waals surface area (Å²) in [5.74, 6) is 0.310. The third kappa shape index (κ3) is 2.96. The number of carbonyl (C=O) groups is 1. The molecular formula is C20H16N6O4S. The SMILES string of the molecule is COc1ncnc(OC)c1C(=O)Nc1nc2c(s1)C1(CNC1)Oc1cc(C#N)ccc1-2. The summed E-state index contributed by atoms with van der Waals surface area (Å²) in [5.41, 5.74) is 1.53. The number of nitrogens with one attached hydrogen (secondary N) is 2. The fourth-order valence-electron chi connectivity index (χ4n) is 3.60. The fraction of sp³-hybridized carbons (Fsp3) is 0.250. The van der Waals surface area contributed by atoms with Gasteiger partial charge in [0.15, 0.2) is 16.3 Å². The first-order valence-corrected chi connectivity index (χ1v) is 10.1. The van der Waals surface area contributed by atoms with Crippen molar-refractivity contribution in [1.29, 1.82) is 5.26 Å². The number of ether oxygens (including phenoxy) is 3. The van der Waals surface area contributed by atoms with E-state index in [2.05, 4.69) is 31.7 Å². The van der Waals surface area contributed by atoms with Crippen LogP contribution >= 0.6 is 11.3 Å². The van der Waals surface area contributed by atoms with Gasteiger partial charge in [0.25, 0.3) is 5.91 Å². The maximum absolute atomic E-state index is 13.0. The van der Waals surface area contributed by atoms with Crippen LogP contribution in [0.15, 0.2) is 24.5 Å². The van der Waals surface area contributed by atoms with Gasteiger partial charge in [-0.2, -0.15) is 5.26 Å². The van der Waals surface area contributed by atoms with Gasteiger partial charge in [0, 0.05) is 18.7 Å². The third-order valence-corrected chi connectivity index (χ3v) is 6.30. The predicted molar refractivity (Wildman–Crippen MR) is 111 cm³/mol. The average Bonchev–Trinajstić information content (AvgIpc) is 3.20. The number of benzene rings is 1. The molecule has 2 N–H and O–H groups in total. The first-order valence-electron chi connectivity index (χ1n) is 9.28. The van der Waals surface area contributed by atoms with Crippen molar-refractivity contribution in [3.05, 3.63) is 40.5 Å². The Morgan fingerprint density at radius 3 is 2.65 bits per heavy atom. The zero-order valence-corrected chi connectivity index (χ0v) is 17.4. The molecule has 2 aliphatic rings. The summed E-state index contributed by atoms with van der Waals surface area (Å²) < 4.78 is 16.7. The van der Waals surface area contributed by atoms with Crippen LogP contribution in [0.25, 0.3) is 11.3 Å². The van der Waals surface area contributed by atoms with Crippen molar-refractivity contribution in [3.8, 4) is 34.8 Å². The van der Waals surface area contributed by atoms with E-state index < -0.39 is 11.5 Å². The highest BCUT2D eigenvalue weighted by atomic mass is 32.1. The predicted octanol–water partition coefficient (Wildman–Crippen LogP) is 1.93. The quantitative estimate of drug-likeness (QED) is 0.630. The van der Waals surface area contributed by atoms with E-state index in [0.717, 1.165) is 16.1 Å². The summed E-state index contributed by atoms with van der Waals surface area (Å²) >= 11 is 1.35. The molecule has 2 aliphatic heterocycles. The highest BCUT2D eigenvalue weighted by Gasteiger charge is 2.48. The van der Waals surface area contributed by atoms with Crippen molar-refractivity contribution in [1.82, 2.24) is 20.3 Å². The van der Waals surface area contributed by atoms with E-state index in [0.29, 0.717) is 29.5 Å². The van der Waals surface area contributed by atoms with Gasteiger partial charge in [-0.15, -0.1) is 0 Å². The molecule has 0 bridgehead atoms. The number of fused-ring (bicyclic) bond motifs is 4. The Morgan fingerprint density at radius 1 is 1.29 bits per heavy atom. The van der Waals surface area contributed by atoms with Gasteiger partial charge in [0.2, 0.25) is 11.8 Å². The molecule has 3 aromatic rings. The normalized spacial score (nSPS) is 15.0. The minimum absolute atomic E-state index is 0.0796. The van der Waals surface area contributed by atoms with Gasteiger partial charge in [-0.25, -0.2) is 15.0 Å². The minimum Gasteiger partial charge on any atom is -0.480 e. The number of nitriles is 1. The lowest BCUT2D eigenvalue weighted by Crippen LogP contribution is -2.61. The number of aromatic nitrogens is 3. The van der Waals surface area contributed by atoms with Crippen molar-refractivity contribution >= 4 is 22.4 Å². The van der Waals surface area contributed by atoms with E-state index in [9.17, 15) is 10.1 Å². The van der Waals surface area contributed by atoms with Crippen LogP contribution in [0, 0.1) is 11.3 Å². The van der Waals surface area contributed by atoms with Gasteiger partial charge in [-0.05, 0) is 18.2 Å². The molecule has 10 nitrogen and oxygen atoms in total. The maximum Gasteiger partial charge on any atom is 0.268 e. The second-order valence-corrected chi connectivity index (χ2v) is 7.94. The molecule has 0 saturated carbocycles. The van der Waals surface area contributed by atoms with Gasteiger partial charge in [-0.3, -0.25) is 10.1 Å². The van der Waals surface area contributed by atoms with Crippen molar-refractivity contribution in [2.45, 2.75) is 5.60 Å². The highest BCUT2D eigenvalue weighted by molar-refractivity contribution is 7.16. The Hall–Kier alpha value is -3.75. The summed E-state index contributed by atoms with van der Waals surface area (Å²) in [6, 6.07) is 7.38. The lowest BCUT2D eigenvalue weighted by atomic mass is 9.88. The summed E-state index contributed by atoms with van der Waals surface area (Å²) in [6.07, 6.45) is 1.26. The topological polar surface area (TPSA) is 131 Å². The lowest BCUT2D eigenvalue weighted by Gasteiger charge is -2.44. The van der Waals surface area contributed by atoms with Crippen molar-refractivity contribution < 1.29 is 19.0 Å². The second kappa shape index (κ2) is 7.19. The summed E-state index contributed by atoms with van der Waals surface area (Å²) in [7, 11) is 2.83. The van der Waals surface area contributed by atoms with Crippen LogP contribution in [-0.2, 0) is 5.60 Å². The van der Waals surface area contributed by atoms with Gasteiger partial charge in [0.1, 0.15) is 12.1 Å². The Morgan fingerprint density at radius 2 is 2.03 bits per heavy atom. The summed E-state index contributed by atoms with van der Waals surface area (Å²) in [4.78, 5) is 26.5. The average molecular weight is 436 g/mol. The molecule has 1 fully saturated rings. The summed E-state index contributed by atoms with van der Waals surface area (Å²) in [6.45, 7) is 1.22. The van der Waals surface area contributed by atoms with Crippen LogP contribution in [0.2, 0.25) is 0 Å². The fourth-order valence-corrected chi connectivity index (χ4v) is 4.69. The third-order valence-electron chi connectivity index (χ3n) is 5.15. The van der Waals surface area contributed by atoms with Crippen LogP contribution in [0.4, 0.5) is 5.13 Å². The highest BCUT2D eigenvalue weighted by Crippen LogP contribution is 2.50. The maximum atomic E-state index is 13.0. The largest absolute Gasteiger partial charge is 0.480 e. The van der Waals surface area contributed by atoms with Crippen LogP contribution in [0.1, 0.15) is 20.8 Å². The van der Waals surface area contributed by atoms with Crippen molar-refractivity contribution in [3.63, 3.8) is 0 Å². The molecule has 1 saturated heterocycles. The molecule has 0 radical (unpaired) electrons. The number of hydrogen-bond acceptors (Lipinski definition) is 10. The zero-order chi connectivity index (χ0) is 21.6. The number of amides is 1. The molecule has 5 rings (SSSR count). The molecule has 2 aromatic heterocycles. The number of methoxy groups -OCH3 is 2. The first kappa shape index (κ1) is 19.2. The lowest BCUT2D eigenvalue weighted by molar-refractivity contribution is 0.0131. The molecule has 1 amide bonds.